The first-order valence-corrected chi connectivity index (χ1v) is 5.49. The van der Waals surface area contributed by atoms with Crippen molar-refractivity contribution in [3.63, 3.8) is 0 Å². The van der Waals surface area contributed by atoms with Crippen LogP contribution < -0.4 is 10.6 Å². The Hall–Kier alpha value is -2.08. The van der Waals surface area contributed by atoms with Gasteiger partial charge in [-0.25, -0.2) is 4.79 Å². The van der Waals surface area contributed by atoms with Gasteiger partial charge in [0.05, 0.1) is 17.8 Å². The van der Waals surface area contributed by atoms with E-state index in [4.69, 9.17) is 5.11 Å². The van der Waals surface area contributed by atoms with E-state index < -0.39 is 5.97 Å². The van der Waals surface area contributed by atoms with E-state index in [2.05, 4.69) is 10.6 Å². The molecule has 0 unspecified atom stereocenters. The molecule has 1 aromatic rings. The average molecular weight is 252 g/mol. The van der Waals surface area contributed by atoms with Gasteiger partial charge in [-0.05, 0) is 18.2 Å². The number of rotatable bonds is 5. The Bertz CT molecular complexity index is 457. The van der Waals surface area contributed by atoms with Crippen LogP contribution in [0.2, 0.25) is 0 Å². The minimum atomic E-state index is -1.21. The van der Waals surface area contributed by atoms with Crippen LogP contribution in [0.3, 0.4) is 0 Å². The number of carbonyl (C=O) groups is 2. The molecule has 0 aliphatic heterocycles. The predicted molar refractivity (Wildman–Crippen MR) is 66.8 cm³/mol. The van der Waals surface area contributed by atoms with Crippen molar-refractivity contribution in [2.75, 3.05) is 11.9 Å². The summed E-state index contributed by atoms with van der Waals surface area (Å²) in [7, 11) is 0. The van der Waals surface area contributed by atoms with Crippen LogP contribution >= 0.6 is 0 Å². The molecule has 1 aromatic carbocycles. The van der Waals surface area contributed by atoms with Gasteiger partial charge < -0.3 is 20.8 Å². The second-order valence-electron chi connectivity index (χ2n) is 4.12. The molecule has 0 bridgehead atoms. The molecular formula is C12H16N2O4. The Morgan fingerprint density at radius 1 is 1.33 bits per heavy atom. The third-order valence-corrected chi connectivity index (χ3v) is 2.18. The van der Waals surface area contributed by atoms with Gasteiger partial charge in [-0.15, -0.1) is 0 Å². The number of phenols is 1. The van der Waals surface area contributed by atoms with Crippen LogP contribution in [0.15, 0.2) is 18.2 Å². The van der Waals surface area contributed by atoms with E-state index in [-0.39, 0.29) is 35.5 Å². The molecule has 0 heterocycles. The fourth-order valence-electron chi connectivity index (χ4n) is 1.31. The zero-order chi connectivity index (χ0) is 13.7. The summed E-state index contributed by atoms with van der Waals surface area (Å²) in [6.45, 7) is 3.89. The van der Waals surface area contributed by atoms with Crippen LogP contribution in [0.25, 0.3) is 0 Å². The zero-order valence-corrected chi connectivity index (χ0v) is 10.2. The van der Waals surface area contributed by atoms with Crippen molar-refractivity contribution in [1.82, 2.24) is 5.32 Å². The minimum absolute atomic E-state index is 0.0948. The largest absolute Gasteiger partial charge is 0.508 e. The van der Waals surface area contributed by atoms with Gasteiger partial charge in [0, 0.05) is 6.04 Å². The van der Waals surface area contributed by atoms with Crippen molar-refractivity contribution >= 4 is 17.6 Å². The fraction of sp³-hybridized carbons (Fsp3) is 0.333. The molecule has 0 radical (unpaired) electrons. The second kappa shape index (κ2) is 6.02. The standard InChI is InChI=1S/C12H16N2O4/c1-7(2)13-6-11(16)14-10-4-3-8(15)5-9(10)12(17)18/h3-5,7,13,15H,6H2,1-2H3,(H,14,16)(H,17,18). The van der Waals surface area contributed by atoms with Crippen molar-refractivity contribution < 1.29 is 19.8 Å². The van der Waals surface area contributed by atoms with Crippen molar-refractivity contribution in [2.24, 2.45) is 0 Å². The van der Waals surface area contributed by atoms with E-state index in [1.54, 1.807) is 0 Å². The topological polar surface area (TPSA) is 98.7 Å². The third-order valence-electron chi connectivity index (χ3n) is 2.18. The van der Waals surface area contributed by atoms with Gasteiger partial charge >= 0.3 is 5.97 Å². The number of phenolic OH excluding ortho intramolecular Hbond substituents is 1. The fourth-order valence-corrected chi connectivity index (χ4v) is 1.31. The molecule has 98 valence electrons. The number of carbonyl (C=O) groups excluding carboxylic acids is 1. The van der Waals surface area contributed by atoms with Gasteiger partial charge in [0.2, 0.25) is 5.91 Å². The van der Waals surface area contributed by atoms with Crippen molar-refractivity contribution in [1.29, 1.82) is 0 Å². The van der Waals surface area contributed by atoms with E-state index in [0.29, 0.717) is 0 Å². The smallest absolute Gasteiger partial charge is 0.337 e. The third kappa shape index (κ3) is 4.06. The number of carboxylic acid groups (broad SMARTS) is 1. The lowest BCUT2D eigenvalue weighted by molar-refractivity contribution is -0.115. The van der Waals surface area contributed by atoms with E-state index in [9.17, 15) is 14.7 Å². The van der Waals surface area contributed by atoms with Crippen molar-refractivity contribution in [3.05, 3.63) is 23.8 Å². The number of hydrogen-bond acceptors (Lipinski definition) is 4. The molecule has 0 saturated carbocycles. The maximum absolute atomic E-state index is 11.5. The number of aromatic hydroxyl groups is 1. The Labute approximate surface area is 105 Å². The number of hydrogen-bond donors (Lipinski definition) is 4. The number of anilines is 1. The molecule has 1 rings (SSSR count). The summed E-state index contributed by atoms with van der Waals surface area (Å²) >= 11 is 0. The SMILES string of the molecule is CC(C)NCC(=O)Nc1ccc(O)cc1C(=O)O. The lowest BCUT2D eigenvalue weighted by atomic mass is 10.1. The van der Waals surface area contributed by atoms with Crippen LogP contribution in [0, 0.1) is 0 Å². The second-order valence-corrected chi connectivity index (χ2v) is 4.12. The Kier molecular flexibility index (Phi) is 4.67. The summed E-state index contributed by atoms with van der Waals surface area (Å²) < 4.78 is 0. The molecule has 6 nitrogen and oxygen atoms in total. The average Bonchev–Trinajstić information content (AvgIpc) is 2.28. The van der Waals surface area contributed by atoms with E-state index in [1.807, 2.05) is 13.8 Å². The first-order chi connectivity index (χ1) is 8.40. The number of aromatic carboxylic acids is 1. The number of benzene rings is 1. The highest BCUT2D eigenvalue weighted by atomic mass is 16.4. The highest BCUT2D eigenvalue weighted by Crippen LogP contribution is 2.21. The van der Waals surface area contributed by atoms with E-state index in [1.165, 1.54) is 12.1 Å². The summed E-state index contributed by atoms with van der Waals surface area (Å²) in [5.41, 5.74) is 0.0174. The number of carboxylic acids is 1. The summed E-state index contributed by atoms with van der Waals surface area (Å²) in [5, 5.41) is 23.5. The van der Waals surface area contributed by atoms with Crippen LogP contribution in [-0.2, 0) is 4.79 Å². The van der Waals surface area contributed by atoms with E-state index >= 15 is 0 Å². The molecule has 0 atom stereocenters. The van der Waals surface area contributed by atoms with Gasteiger partial charge in [-0.2, -0.15) is 0 Å². The lowest BCUT2D eigenvalue weighted by Gasteiger charge is -2.11. The van der Waals surface area contributed by atoms with Gasteiger partial charge in [0.25, 0.3) is 0 Å². The quantitative estimate of drug-likeness (QED) is 0.587. The molecule has 0 aromatic heterocycles. The number of amides is 1. The van der Waals surface area contributed by atoms with Crippen LogP contribution in [0.5, 0.6) is 5.75 Å². The van der Waals surface area contributed by atoms with Gasteiger partial charge in [0.1, 0.15) is 5.75 Å². The monoisotopic (exact) mass is 252 g/mol. The predicted octanol–water partition coefficient (Wildman–Crippen LogP) is 1.03. The summed E-state index contributed by atoms with van der Waals surface area (Å²) in [6, 6.07) is 3.92. The maximum Gasteiger partial charge on any atom is 0.337 e. The Morgan fingerprint density at radius 3 is 2.56 bits per heavy atom. The molecule has 0 fully saturated rings. The van der Waals surface area contributed by atoms with Gasteiger partial charge in [-0.3, -0.25) is 4.79 Å². The molecule has 4 N–H and O–H groups in total. The highest BCUT2D eigenvalue weighted by Gasteiger charge is 2.13. The maximum atomic E-state index is 11.5. The highest BCUT2D eigenvalue weighted by molar-refractivity contribution is 6.01. The van der Waals surface area contributed by atoms with Crippen LogP contribution in [0.1, 0.15) is 24.2 Å². The zero-order valence-electron chi connectivity index (χ0n) is 10.2. The molecule has 6 heteroatoms. The summed E-state index contributed by atoms with van der Waals surface area (Å²) in [4.78, 5) is 22.5. The van der Waals surface area contributed by atoms with Crippen molar-refractivity contribution in [3.8, 4) is 5.75 Å². The normalized spacial score (nSPS) is 10.4. The molecule has 0 aliphatic carbocycles. The lowest BCUT2D eigenvalue weighted by Crippen LogP contribution is -2.32. The molecule has 0 aliphatic rings. The van der Waals surface area contributed by atoms with Gasteiger partial charge in [-0.1, -0.05) is 13.8 Å². The van der Waals surface area contributed by atoms with Crippen molar-refractivity contribution in [2.45, 2.75) is 19.9 Å². The first kappa shape index (κ1) is 14.0. The minimum Gasteiger partial charge on any atom is -0.508 e. The van der Waals surface area contributed by atoms with Crippen LogP contribution in [0.4, 0.5) is 5.69 Å². The molecular weight excluding hydrogens is 236 g/mol. The summed E-state index contributed by atoms with van der Waals surface area (Å²) in [5.74, 6) is -1.71. The summed E-state index contributed by atoms with van der Waals surface area (Å²) in [6.07, 6.45) is 0. The molecule has 18 heavy (non-hydrogen) atoms. The molecule has 0 saturated heterocycles. The number of nitrogens with one attached hydrogen (secondary N) is 2. The van der Waals surface area contributed by atoms with Gasteiger partial charge in [0.15, 0.2) is 0 Å². The van der Waals surface area contributed by atoms with Crippen LogP contribution in [-0.4, -0.2) is 34.7 Å². The first-order valence-electron chi connectivity index (χ1n) is 5.49. The Morgan fingerprint density at radius 2 is 2.00 bits per heavy atom. The molecule has 0 spiro atoms. The Balaban J connectivity index is 2.78. The molecule has 1 amide bonds. The van der Waals surface area contributed by atoms with E-state index in [0.717, 1.165) is 6.07 Å².